The molecule has 0 saturated carbocycles. The molecule has 0 saturated heterocycles. The number of hydrogen-bond acceptors (Lipinski definition) is 0. The molecular formula is C10H8Br2MgNa. The number of benzene rings is 2. The monoisotopic (exact) mass is 333 g/mol. The van der Waals surface area contributed by atoms with Gasteiger partial charge in [-0.05, 0) is 10.8 Å². The minimum absolute atomic E-state index is 0. The number of hydrogen-bond donors (Lipinski definition) is 0. The van der Waals surface area contributed by atoms with E-state index < -0.39 is 0 Å². The van der Waals surface area contributed by atoms with Crippen molar-refractivity contribution in [3.8, 4) is 0 Å². The first-order chi connectivity index (χ1) is 4.97. The summed E-state index contributed by atoms with van der Waals surface area (Å²) < 4.78 is 0. The SMILES string of the molecule is [Br-].[Br-].[Mg+2].[Na].c1ccc2ccccc2c1. The quantitative estimate of drug-likeness (QED) is 0.432. The topological polar surface area (TPSA) is 0 Å². The van der Waals surface area contributed by atoms with Crippen LogP contribution in [0.1, 0.15) is 0 Å². The second kappa shape index (κ2) is 10.9. The molecule has 0 fully saturated rings. The summed E-state index contributed by atoms with van der Waals surface area (Å²) in [6.07, 6.45) is 0. The van der Waals surface area contributed by atoms with Crippen molar-refractivity contribution >= 4 is 63.4 Å². The molecule has 2 aromatic carbocycles. The van der Waals surface area contributed by atoms with Gasteiger partial charge in [0.1, 0.15) is 0 Å². The minimum Gasteiger partial charge on any atom is -1.00 e. The minimum atomic E-state index is 0. The molecule has 4 heteroatoms. The molecule has 0 aliphatic heterocycles. The number of fused-ring (bicyclic) bond motifs is 1. The van der Waals surface area contributed by atoms with E-state index in [-0.39, 0.29) is 86.6 Å². The first-order valence-corrected chi connectivity index (χ1v) is 3.40. The average molecular weight is 335 g/mol. The van der Waals surface area contributed by atoms with E-state index in [4.69, 9.17) is 0 Å². The van der Waals surface area contributed by atoms with Gasteiger partial charge in [-0.15, -0.1) is 0 Å². The van der Waals surface area contributed by atoms with Gasteiger partial charge in [-0.3, -0.25) is 0 Å². The molecule has 65 valence electrons. The molecule has 0 nitrogen and oxygen atoms in total. The Morgan fingerprint density at radius 3 is 1.00 bits per heavy atom. The molecule has 0 aromatic heterocycles. The summed E-state index contributed by atoms with van der Waals surface area (Å²) in [5.74, 6) is 0. The van der Waals surface area contributed by atoms with Gasteiger partial charge < -0.3 is 34.0 Å². The fraction of sp³-hybridized carbons (Fsp3) is 0. The van der Waals surface area contributed by atoms with Gasteiger partial charge in [0.15, 0.2) is 0 Å². The third kappa shape index (κ3) is 5.49. The predicted octanol–water partition coefficient (Wildman–Crippen LogP) is -3.91. The van der Waals surface area contributed by atoms with Crippen LogP contribution in [0.3, 0.4) is 0 Å². The summed E-state index contributed by atoms with van der Waals surface area (Å²) >= 11 is 0. The summed E-state index contributed by atoms with van der Waals surface area (Å²) in [5.41, 5.74) is 0. The van der Waals surface area contributed by atoms with Gasteiger partial charge in [-0.25, -0.2) is 0 Å². The van der Waals surface area contributed by atoms with E-state index in [1.54, 1.807) is 0 Å². The van der Waals surface area contributed by atoms with E-state index in [0.29, 0.717) is 0 Å². The van der Waals surface area contributed by atoms with Gasteiger partial charge in [0.25, 0.3) is 0 Å². The fourth-order valence-corrected chi connectivity index (χ4v) is 1.13. The third-order valence-electron chi connectivity index (χ3n) is 1.66. The maximum atomic E-state index is 2.12. The van der Waals surface area contributed by atoms with Crippen molar-refractivity contribution < 1.29 is 34.0 Å². The van der Waals surface area contributed by atoms with Crippen LogP contribution in [-0.2, 0) is 0 Å². The van der Waals surface area contributed by atoms with Crippen LogP contribution in [0.4, 0.5) is 0 Å². The molecule has 0 bridgehead atoms. The van der Waals surface area contributed by atoms with Gasteiger partial charge in [-0.2, -0.15) is 0 Å². The van der Waals surface area contributed by atoms with Crippen molar-refractivity contribution in [2.45, 2.75) is 0 Å². The average Bonchev–Trinajstić information content (AvgIpc) is 2.05. The Bertz CT molecular complexity index is 289. The molecule has 0 spiro atoms. The van der Waals surface area contributed by atoms with Crippen molar-refractivity contribution in [3.05, 3.63) is 48.5 Å². The van der Waals surface area contributed by atoms with E-state index in [2.05, 4.69) is 48.5 Å². The zero-order chi connectivity index (χ0) is 6.81. The molecule has 1 radical (unpaired) electrons. The standard InChI is InChI=1S/C10H8.2BrH.Mg.Na/c1-2-6-10-8-4-3-7-9(10)5-1;;;;/h1-8H;2*1H;;/q;;;+2;/p-2. The summed E-state index contributed by atoms with van der Waals surface area (Å²) in [7, 11) is 0. The largest absolute Gasteiger partial charge is 2.00 e. The van der Waals surface area contributed by atoms with Crippen molar-refractivity contribution in [1.82, 2.24) is 0 Å². The summed E-state index contributed by atoms with van der Waals surface area (Å²) in [6, 6.07) is 16.7. The van der Waals surface area contributed by atoms with E-state index in [0.717, 1.165) is 0 Å². The Morgan fingerprint density at radius 2 is 0.786 bits per heavy atom. The van der Waals surface area contributed by atoms with Crippen molar-refractivity contribution in [2.24, 2.45) is 0 Å². The zero-order valence-electron chi connectivity index (χ0n) is 8.08. The van der Waals surface area contributed by atoms with Crippen molar-refractivity contribution in [2.75, 3.05) is 0 Å². The van der Waals surface area contributed by atoms with Crippen LogP contribution in [-0.4, -0.2) is 52.6 Å². The van der Waals surface area contributed by atoms with E-state index >= 15 is 0 Å². The first-order valence-electron chi connectivity index (χ1n) is 3.40. The Hall–Kier alpha value is 1.43. The first kappa shape index (κ1) is 20.8. The van der Waals surface area contributed by atoms with Gasteiger partial charge in [0.2, 0.25) is 0 Å². The van der Waals surface area contributed by atoms with Crippen molar-refractivity contribution in [1.29, 1.82) is 0 Å². The third-order valence-corrected chi connectivity index (χ3v) is 1.66. The molecule has 2 aromatic rings. The van der Waals surface area contributed by atoms with Crippen LogP contribution >= 0.6 is 0 Å². The van der Waals surface area contributed by atoms with Crippen LogP contribution in [0.2, 0.25) is 0 Å². The number of halogens is 2. The van der Waals surface area contributed by atoms with E-state index in [9.17, 15) is 0 Å². The second-order valence-corrected chi connectivity index (χ2v) is 2.35. The molecule has 0 aliphatic rings. The van der Waals surface area contributed by atoms with Crippen LogP contribution in [0.25, 0.3) is 10.8 Å². The van der Waals surface area contributed by atoms with Crippen molar-refractivity contribution in [3.63, 3.8) is 0 Å². The Labute approximate surface area is 144 Å². The molecule has 2 rings (SSSR count). The smallest absolute Gasteiger partial charge is 1.00 e. The molecule has 0 N–H and O–H groups in total. The molecule has 0 heterocycles. The molecule has 14 heavy (non-hydrogen) atoms. The Kier molecular flexibility index (Phi) is 16.2. The van der Waals surface area contributed by atoms with Gasteiger partial charge >= 0.3 is 23.1 Å². The van der Waals surface area contributed by atoms with E-state index in [1.807, 2.05) is 0 Å². The molecule has 0 atom stereocenters. The molecule has 0 aliphatic carbocycles. The normalized spacial score (nSPS) is 7.14. The van der Waals surface area contributed by atoms with Crippen LogP contribution in [0.5, 0.6) is 0 Å². The molecule has 0 unspecified atom stereocenters. The fourth-order valence-electron chi connectivity index (χ4n) is 1.13. The summed E-state index contributed by atoms with van der Waals surface area (Å²) in [6.45, 7) is 0. The van der Waals surface area contributed by atoms with Gasteiger partial charge in [0, 0.05) is 29.6 Å². The second-order valence-electron chi connectivity index (χ2n) is 2.35. The molecule has 0 amide bonds. The van der Waals surface area contributed by atoms with E-state index in [1.165, 1.54) is 10.8 Å². The Balaban J connectivity index is -0.000000302. The summed E-state index contributed by atoms with van der Waals surface area (Å²) in [4.78, 5) is 0. The van der Waals surface area contributed by atoms with Gasteiger partial charge in [0.05, 0.1) is 0 Å². The maximum Gasteiger partial charge on any atom is 2.00 e. The van der Waals surface area contributed by atoms with Crippen LogP contribution in [0, 0.1) is 0 Å². The van der Waals surface area contributed by atoms with Crippen LogP contribution in [0.15, 0.2) is 48.5 Å². The Morgan fingerprint density at radius 1 is 0.571 bits per heavy atom. The van der Waals surface area contributed by atoms with Crippen LogP contribution < -0.4 is 34.0 Å². The maximum absolute atomic E-state index is 2.12. The number of rotatable bonds is 0. The predicted molar refractivity (Wildman–Crippen MR) is 55.5 cm³/mol. The van der Waals surface area contributed by atoms with Gasteiger partial charge in [-0.1, -0.05) is 48.5 Å². The molecular weight excluding hydrogens is 327 g/mol. The zero-order valence-corrected chi connectivity index (χ0v) is 14.7. The summed E-state index contributed by atoms with van der Waals surface area (Å²) in [5, 5.41) is 2.62.